The largest absolute Gasteiger partial charge is 0.311 e. The molecule has 4 nitrogen and oxygen atoms in total. The van der Waals surface area contributed by atoms with Crippen LogP contribution in [0, 0.1) is 0 Å². The molecule has 0 aliphatic rings. The summed E-state index contributed by atoms with van der Waals surface area (Å²) in [7, 11) is 0. The highest BCUT2D eigenvalue weighted by atomic mass is 15.1. The number of benzene rings is 15. The fourth-order valence-corrected chi connectivity index (χ4v) is 14.0. The zero-order valence-corrected chi connectivity index (χ0v) is 49.3. The van der Waals surface area contributed by atoms with Crippen LogP contribution in [0.1, 0.15) is 0 Å². The monoisotopic (exact) mass is 1150 g/mol. The molecule has 17 rings (SSSR count). The molecule has 0 N–H and O–H groups in total. The van der Waals surface area contributed by atoms with Gasteiger partial charge in [0.25, 0.3) is 0 Å². The molecule has 2 heterocycles. The van der Waals surface area contributed by atoms with Gasteiger partial charge < -0.3 is 18.9 Å². The van der Waals surface area contributed by atoms with E-state index in [4.69, 9.17) is 0 Å². The second-order valence-electron chi connectivity index (χ2n) is 23.2. The van der Waals surface area contributed by atoms with E-state index in [1.807, 2.05) is 0 Å². The lowest BCUT2D eigenvalue weighted by molar-refractivity contribution is 1.17. The minimum absolute atomic E-state index is 1.09. The van der Waals surface area contributed by atoms with Crippen molar-refractivity contribution in [1.82, 2.24) is 9.13 Å². The normalized spacial score (nSPS) is 11.6. The van der Waals surface area contributed by atoms with Crippen LogP contribution in [0.5, 0.6) is 0 Å². The van der Waals surface area contributed by atoms with Gasteiger partial charge in [0.05, 0.1) is 22.1 Å². The molecule has 2 aromatic heterocycles. The van der Waals surface area contributed by atoms with E-state index in [1.165, 1.54) is 98.5 Å². The molecule has 17 aromatic rings. The summed E-state index contributed by atoms with van der Waals surface area (Å²) in [5.41, 5.74) is 23.2. The van der Waals surface area contributed by atoms with Gasteiger partial charge in [-0.05, 0) is 187 Å². The number of anilines is 6. The van der Waals surface area contributed by atoms with E-state index in [2.05, 4.69) is 371 Å². The van der Waals surface area contributed by atoms with Crippen LogP contribution in [0.25, 0.3) is 121 Å². The van der Waals surface area contributed by atoms with Crippen molar-refractivity contribution in [1.29, 1.82) is 0 Å². The Labute approximate surface area is 522 Å². The SMILES string of the molecule is c1ccc(N(c2ccc(-c3ccc(-c4c5ccccc5c(-c5ccc(-c6ccc(N(c7ccccc7)c7ccc(-n8c9ccccc9c9ccccc98)cc7)cc6)cc5)c5ccccc45)cc3)cc2)c2ccc(-n3c4ccccc4c4ccccc43)cc2)cc1. The fourth-order valence-electron chi connectivity index (χ4n) is 14.0. The summed E-state index contributed by atoms with van der Waals surface area (Å²) in [6.45, 7) is 0. The summed E-state index contributed by atoms with van der Waals surface area (Å²) in [5.74, 6) is 0. The first-order chi connectivity index (χ1) is 44.7. The predicted molar refractivity (Wildman–Crippen MR) is 381 cm³/mol. The highest BCUT2D eigenvalue weighted by molar-refractivity contribution is 6.21. The maximum Gasteiger partial charge on any atom is 0.0541 e. The number of rotatable bonds is 12. The van der Waals surface area contributed by atoms with Gasteiger partial charge in [-0.1, -0.05) is 231 Å². The maximum atomic E-state index is 2.37. The van der Waals surface area contributed by atoms with Gasteiger partial charge in [0.15, 0.2) is 0 Å². The summed E-state index contributed by atoms with van der Waals surface area (Å²) in [6, 6.07) is 128. The molecule has 0 unspecified atom stereocenters. The predicted octanol–water partition coefficient (Wildman–Crippen LogP) is 23.8. The molecule has 0 aliphatic carbocycles. The molecule has 4 heteroatoms. The van der Waals surface area contributed by atoms with Crippen molar-refractivity contribution in [2.45, 2.75) is 0 Å². The number of fused-ring (bicyclic) bond motifs is 8. The van der Waals surface area contributed by atoms with E-state index >= 15 is 0 Å². The van der Waals surface area contributed by atoms with E-state index in [0.29, 0.717) is 0 Å². The molecule has 15 aromatic carbocycles. The van der Waals surface area contributed by atoms with Crippen LogP contribution in [0.2, 0.25) is 0 Å². The minimum Gasteiger partial charge on any atom is -0.311 e. The Hall–Kier alpha value is -12.0. The third kappa shape index (κ3) is 9.00. The lowest BCUT2D eigenvalue weighted by atomic mass is 9.85. The second kappa shape index (κ2) is 22.1. The average Bonchev–Trinajstić information content (AvgIpc) is 1.42. The first-order valence-electron chi connectivity index (χ1n) is 30.9. The van der Waals surface area contributed by atoms with Gasteiger partial charge in [0, 0.05) is 67.0 Å². The second-order valence-corrected chi connectivity index (χ2v) is 23.2. The Morgan fingerprint density at radius 3 is 0.633 bits per heavy atom. The average molecular weight is 1150 g/mol. The van der Waals surface area contributed by atoms with Crippen LogP contribution in [-0.4, -0.2) is 9.13 Å². The van der Waals surface area contributed by atoms with Crippen molar-refractivity contribution in [2.24, 2.45) is 0 Å². The van der Waals surface area contributed by atoms with Crippen LogP contribution in [0.4, 0.5) is 34.1 Å². The molecule has 0 saturated carbocycles. The van der Waals surface area contributed by atoms with Crippen LogP contribution < -0.4 is 9.80 Å². The van der Waals surface area contributed by atoms with Crippen LogP contribution in [-0.2, 0) is 0 Å². The van der Waals surface area contributed by atoms with Crippen molar-refractivity contribution >= 4 is 99.3 Å². The van der Waals surface area contributed by atoms with E-state index in [9.17, 15) is 0 Å². The third-order valence-corrected chi connectivity index (χ3v) is 18.1. The minimum atomic E-state index is 1.09. The summed E-state index contributed by atoms with van der Waals surface area (Å²) in [6.07, 6.45) is 0. The summed E-state index contributed by atoms with van der Waals surface area (Å²) >= 11 is 0. The molecule has 90 heavy (non-hydrogen) atoms. The van der Waals surface area contributed by atoms with E-state index in [0.717, 1.165) is 56.6 Å². The molecule has 0 aliphatic heterocycles. The van der Waals surface area contributed by atoms with Gasteiger partial charge in [-0.3, -0.25) is 0 Å². The Morgan fingerprint density at radius 2 is 0.356 bits per heavy atom. The van der Waals surface area contributed by atoms with Crippen molar-refractivity contribution < 1.29 is 0 Å². The maximum absolute atomic E-state index is 2.37. The van der Waals surface area contributed by atoms with E-state index in [1.54, 1.807) is 0 Å². The Balaban J connectivity index is 0.649. The lowest BCUT2D eigenvalue weighted by Gasteiger charge is -2.26. The summed E-state index contributed by atoms with van der Waals surface area (Å²) in [5, 5.41) is 9.97. The van der Waals surface area contributed by atoms with Crippen molar-refractivity contribution in [3.05, 3.63) is 352 Å². The van der Waals surface area contributed by atoms with Gasteiger partial charge in [0.1, 0.15) is 0 Å². The van der Waals surface area contributed by atoms with E-state index < -0.39 is 0 Å². The van der Waals surface area contributed by atoms with Crippen molar-refractivity contribution in [3.8, 4) is 55.9 Å². The molecule has 0 fully saturated rings. The quantitative estimate of drug-likeness (QED) is 0.113. The van der Waals surface area contributed by atoms with Gasteiger partial charge in [-0.2, -0.15) is 0 Å². The summed E-state index contributed by atoms with van der Waals surface area (Å²) in [4.78, 5) is 4.68. The highest BCUT2D eigenvalue weighted by Crippen LogP contribution is 2.46. The Bertz CT molecular complexity index is 4970. The molecule has 422 valence electrons. The first-order valence-corrected chi connectivity index (χ1v) is 30.9. The molecule has 0 spiro atoms. The topological polar surface area (TPSA) is 16.3 Å². The number of para-hydroxylation sites is 6. The smallest absolute Gasteiger partial charge is 0.0541 e. The van der Waals surface area contributed by atoms with Gasteiger partial charge in [0.2, 0.25) is 0 Å². The summed E-state index contributed by atoms with van der Waals surface area (Å²) < 4.78 is 4.74. The number of aromatic nitrogens is 2. The first kappa shape index (κ1) is 52.4. The molecule has 0 radical (unpaired) electrons. The van der Waals surface area contributed by atoms with Crippen molar-refractivity contribution in [2.75, 3.05) is 9.80 Å². The number of hydrogen-bond acceptors (Lipinski definition) is 2. The van der Waals surface area contributed by atoms with E-state index in [-0.39, 0.29) is 0 Å². The van der Waals surface area contributed by atoms with Crippen molar-refractivity contribution in [3.63, 3.8) is 0 Å². The lowest BCUT2D eigenvalue weighted by Crippen LogP contribution is -2.10. The van der Waals surface area contributed by atoms with Gasteiger partial charge in [-0.15, -0.1) is 0 Å². The fraction of sp³-hybridized carbons (Fsp3) is 0. The number of hydrogen-bond donors (Lipinski definition) is 0. The number of nitrogens with zero attached hydrogens (tertiary/aromatic N) is 4. The molecular weight excluding hydrogens is 1090 g/mol. The molecule has 0 saturated heterocycles. The molecule has 0 amide bonds. The van der Waals surface area contributed by atoms with Crippen LogP contribution in [0.15, 0.2) is 352 Å². The zero-order valence-electron chi connectivity index (χ0n) is 49.3. The van der Waals surface area contributed by atoms with Gasteiger partial charge >= 0.3 is 0 Å². The zero-order chi connectivity index (χ0) is 59.5. The molecule has 0 atom stereocenters. The van der Waals surface area contributed by atoms with Crippen LogP contribution >= 0.6 is 0 Å². The highest BCUT2D eigenvalue weighted by Gasteiger charge is 2.21. The molecule has 0 bridgehead atoms. The Morgan fingerprint density at radius 1 is 0.156 bits per heavy atom. The third-order valence-electron chi connectivity index (χ3n) is 18.1. The standard InChI is InChI=1S/C86H58N4/c1-3-19-65(20-4-1)87(69-51-55-71(56-52-69)89-81-31-15-11-23-73(81)74-24-12-16-32-82(74)89)67-47-43-61(44-48-67)59-35-39-63(40-36-59)85-77-27-7-9-29-79(77)86(80-30-10-8-28-78(80)85)64-41-37-60(38-42-64)62-45-49-68(50-46-62)88(66-21-5-2-6-22-66)70-53-57-72(58-54-70)90-83-33-17-13-25-75(83)76-26-14-18-34-84(76)90/h1-58H. The molecular formula is C86H58N4. The Kier molecular flexibility index (Phi) is 12.8. The van der Waals surface area contributed by atoms with Crippen LogP contribution in [0.3, 0.4) is 0 Å². The van der Waals surface area contributed by atoms with Gasteiger partial charge in [-0.25, -0.2) is 0 Å².